The molecule has 40 heteroatoms. The van der Waals surface area contributed by atoms with Crippen LogP contribution in [0.3, 0.4) is 0 Å². The predicted molar refractivity (Wildman–Crippen MR) is 381 cm³/mol. The molecule has 8 aliphatic heterocycles. The van der Waals surface area contributed by atoms with E-state index >= 15 is 19.2 Å². The van der Waals surface area contributed by atoms with Crippen molar-refractivity contribution in [1.29, 1.82) is 0 Å². The van der Waals surface area contributed by atoms with Gasteiger partial charge < -0.3 is 153 Å². The van der Waals surface area contributed by atoms with E-state index in [0.717, 1.165) is 66.7 Å². The van der Waals surface area contributed by atoms with Gasteiger partial charge in [0.2, 0.25) is 53.4 Å². The molecule has 112 heavy (non-hydrogen) atoms. The topological polar surface area (TPSA) is 606 Å². The Morgan fingerprint density at radius 1 is 0.688 bits per heavy atom. The molecule has 7 amide bonds. The maximum Gasteiger partial charge on any atom is 0.330 e. The van der Waals surface area contributed by atoms with Crippen LogP contribution in [0, 0.1) is 5.92 Å². The molecule has 23 N–H and O–H groups in total. The molecule has 0 aliphatic carbocycles. The van der Waals surface area contributed by atoms with E-state index in [-0.39, 0.29) is 36.2 Å². The van der Waals surface area contributed by atoms with E-state index in [4.69, 9.17) is 72.6 Å². The van der Waals surface area contributed by atoms with Gasteiger partial charge in [-0.2, -0.15) is 0 Å². The summed E-state index contributed by atoms with van der Waals surface area (Å²) < 4.78 is 49.7. The molecule has 5 aromatic carbocycles. The molecule has 0 radical (unpaired) electrons. The van der Waals surface area contributed by atoms with Crippen molar-refractivity contribution >= 4 is 76.8 Å². The van der Waals surface area contributed by atoms with Gasteiger partial charge in [0.15, 0.2) is 36.4 Å². The third-order valence-electron chi connectivity index (χ3n) is 19.8. The van der Waals surface area contributed by atoms with Crippen LogP contribution in [0.2, 0.25) is 10.0 Å². The van der Waals surface area contributed by atoms with Crippen LogP contribution in [-0.2, 0) is 66.8 Å². The average molecular weight is 1610 g/mol. The van der Waals surface area contributed by atoms with E-state index in [0.29, 0.717) is 0 Å². The number of benzene rings is 5. The Hall–Kier alpha value is -9.69. The van der Waals surface area contributed by atoms with E-state index in [1.54, 1.807) is 13.8 Å². The summed E-state index contributed by atoms with van der Waals surface area (Å²) in [6.45, 7) is 5.35. The number of aliphatic carboxylic acids is 1. The van der Waals surface area contributed by atoms with Crippen molar-refractivity contribution in [1.82, 2.24) is 37.2 Å². The summed E-state index contributed by atoms with van der Waals surface area (Å²) in [5.74, 6) is -16.8. The predicted octanol–water partition coefficient (Wildman–Crippen LogP) is -1.86. The van der Waals surface area contributed by atoms with Gasteiger partial charge in [0.1, 0.15) is 120 Å². The van der Waals surface area contributed by atoms with Gasteiger partial charge >= 0.3 is 5.97 Å². The summed E-state index contributed by atoms with van der Waals surface area (Å²) in [4.78, 5) is 131. The van der Waals surface area contributed by atoms with Gasteiger partial charge in [0.25, 0.3) is 0 Å². The third-order valence-corrected chi connectivity index (χ3v) is 20.4. The highest BCUT2D eigenvalue weighted by atomic mass is 35.5. The van der Waals surface area contributed by atoms with Crippen LogP contribution in [0.4, 0.5) is 0 Å². The lowest BCUT2D eigenvalue weighted by atomic mass is 9.86. The zero-order valence-corrected chi connectivity index (χ0v) is 61.4. The van der Waals surface area contributed by atoms with Gasteiger partial charge in [-0.1, -0.05) is 55.2 Å². The first-order chi connectivity index (χ1) is 52.9. The van der Waals surface area contributed by atoms with E-state index in [9.17, 15) is 85.3 Å². The molecule has 2 unspecified atom stereocenters. The van der Waals surface area contributed by atoms with Crippen molar-refractivity contribution in [3.63, 3.8) is 0 Å². The summed E-state index contributed by atoms with van der Waals surface area (Å²) >= 11 is 14.3. The number of carboxylic acids is 1. The molecule has 0 saturated carbocycles. The van der Waals surface area contributed by atoms with Crippen molar-refractivity contribution in [3.05, 3.63) is 117 Å². The second kappa shape index (κ2) is 33.9. The SMILES string of the molecule is CN[C@H](CC(C)C)C(=O)N[C@H]1C(=O)N[C@@H](CC(N)=O)C(=O)N[C@H]2C(=O)N[C@H]3C(=O)NC(C(=O)N[C@@H](C(=O)O)c4cc(O)cc(O)c4-c4cc3ccc4O)[C@H](O[C@H]3C[C@](C)(N)[C@@H](O)[C@H](C)O3)c3ccc(c(Cl)c3)Oc3cc2cc(c3O[C@@H]2O[C@H](CO)[C@@H](O[C@@H]3OC(C=O)[C@H](O)[C@H](O)[C@H]3O)[C@H](O)[C@H]2O)Oc2ccc(cc2Cl)[C@H]1O. The van der Waals surface area contributed by atoms with Crippen molar-refractivity contribution in [2.45, 2.75) is 187 Å². The molecule has 38 nitrogen and oxygen atoms in total. The molecule has 0 spiro atoms. The number of phenolic OH excluding ortho intramolecular Hbond substituents is 3. The summed E-state index contributed by atoms with van der Waals surface area (Å²) in [5.41, 5.74) is 7.86. The van der Waals surface area contributed by atoms with Gasteiger partial charge in [0, 0.05) is 34.7 Å². The summed E-state index contributed by atoms with van der Waals surface area (Å²) in [6, 6.07) is -1.23. The number of carbonyl (C=O) groups is 9. The third kappa shape index (κ3) is 17.4. The molecular formula is C72H83Cl2N9O29. The first-order valence-electron chi connectivity index (χ1n) is 35.0. The number of rotatable bonds is 16. The normalized spacial score (nSPS) is 31.8. The quantitative estimate of drug-likeness (QED) is 0.0482. The summed E-state index contributed by atoms with van der Waals surface area (Å²) in [6.07, 6.45) is -30.2. The number of ether oxygens (including phenoxy) is 8. The molecule has 604 valence electrons. The summed E-state index contributed by atoms with van der Waals surface area (Å²) in [5, 5.41) is 153. The van der Waals surface area contributed by atoms with Crippen LogP contribution in [-0.4, -0.2) is 238 Å². The molecule has 8 heterocycles. The van der Waals surface area contributed by atoms with E-state index in [2.05, 4.69) is 37.2 Å². The number of phenols is 3. The smallest absolute Gasteiger partial charge is 0.330 e. The molecule has 0 aromatic heterocycles. The number of hydrogen-bond donors (Lipinski definition) is 21. The molecule has 11 bridgehead atoms. The van der Waals surface area contributed by atoms with Crippen molar-refractivity contribution in [2.75, 3.05) is 13.7 Å². The number of primary amides is 1. The van der Waals surface area contributed by atoms with Crippen LogP contribution >= 0.6 is 23.2 Å². The van der Waals surface area contributed by atoms with Gasteiger partial charge in [-0.15, -0.1) is 0 Å². The fraction of sp³-hybridized carbons (Fsp3) is 0.458. The number of nitrogens with one attached hydrogen (secondary N) is 7. The second-order valence-corrected chi connectivity index (χ2v) is 29.2. The number of aliphatic hydroxyl groups excluding tert-OH is 8. The fourth-order valence-corrected chi connectivity index (χ4v) is 14.4. The Morgan fingerprint density at radius 2 is 1.30 bits per heavy atom. The summed E-state index contributed by atoms with van der Waals surface area (Å²) in [7, 11) is 1.45. The van der Waals surface area contributed by atoms with Gasteiger partial charge in [-0.05, 0) is 110 Å². The minimum atomic E-state index is -2.43. The number of likely N-dealkylation sites (N-methyl/N-ethyl adjacent to an activating group) is 1. The number of nitrogens with two attached hydrogens (primary N) is 2. The highest BCUT2D eigenvalue weighted by Gasteiger charge is 2.53. The van der Waals surface area contributed by atoms with Crippen LogP contribution < -0.4 is 62.9 Å². The Labute approximate surface area is 645 Å². The van der Waals surface area contributed by atoms with Crippen LogP contribution in [0.5, 0.6) is 46.0 Å². The van der Waals surface area contributed by atoms with Gasteiger partial charge in [0.05, 0.1) is 41.3 Å². The minimum absolute atomic E-state index is 0.0800. The lowest BCUT2D eigenvalue weighted by Gasteiger charge is -2.45. The van der Waals surface area contributed by atoms with Gasteiger partial charge in [-0.3, -0.25) is 33.6 Å². The van der Waals surface area contributed by atoms with Gasteiger partial charge in [-0.25, -0.2) is 4.79 Å². The Bertz CT molecular complexity index is 4460. The molecule has 3 saturated heterocycles. The molecule has 13 rings (SSSR count). The highest BCUT2D eigenvalue weighted by molar-refractivity contribution is 6.32. The Balaban J connectivity index is 1.16. The van der Waals surface area contributed by atoms with E-state index < -0.39 is 284 Å². The number of aliphatic hydroxyl groups is 8. The van der Waals surface area contributed by atoms with E-state index in [1.165, 1.54) is 33.0 Å². The first kappa shape index (κ1) is 83.3. The molecular weight excluding hydrogens is 1530 g/mol. The number of aromatic hydroxyl groups is 3. The lowest BCUT2D eigenvalue weighted by Crippen LogP contribution is -2.65. The number of hydrogen-bond acceptors (Lipinski definition) is 30. The number of amides is 7. The fourth-order valence-electron chi connectivity index (χ4n) is 13.9. The minimum Gasteiger partial charge on any atom is -0.508 e. The largest absolute Gasteiger partial charge is 0.508 e. The highest BCUT2D eigenvalue weighted by Crippen LogP contribution is 2.50. The number of carboxylic acid groups (broad SMARTS) is 1. The number of carbonyl (C=O) groups excluding carboxylic acids is 8. The Kier molecular flexibility index (Phi) is 25.2. The van der Waals surface area contributed by atoms with Crippen LogP contribution in [0.15, 0.2) is 78.9 Å². The van der Waals surface area contributed by atoms with Crippen molar-refractivity contribution < 1.29 is 142 Å². The lowest BCUT2D eigenvalue weighted by molar-refractivity contribution is -0.346. The number of halogens is 2. The van der Waals surface area contributed by atoms with Crippen molar-refractivity contribution in [2.24, 2.45) is 17.4 Å². The van der Waals surface area contributed by atoms with E-state index in [1.807, 2.05) is 0 Å². The standard InChI is InChI=1S/C72H83Cl2N9O29/c1-24(2)12-35(77-5)63(97)82-51-53(90)27-7-10-39(33(73)14-27)106-41-16-29-17-42(60(41)111-71-58(95)56(93)61(44(23-85)109-71)112-70-57(94)55(92)54(91)43(22-84)108-70)107-40-11-8-28(15-34(40)74)59(110-46-21-72(4,76)62(96)25(3)105-46)52-68(102)81-50(69(103)104)32-18-30(86)19-38(88)47(32)31-13-26(6-9-37(31)87)48(65(99)83-52)80-66(100)49(29)79-64(98)36(20-45(75)89)78-67(51)101/h6-11,13-19,22,24-25,35-36,43-44,46,48-59,61-62,70-71,77,85-88,90-96H,12,20-21,23,76H2,1-5H3,(H2,75,89)(H,78,101)(H,79,98)(H,80,100)(H,81,102)(H,82,97)(H,83,99)(H,103,104)/t25-,35+,36-,43?,44+,46-,48+,49+,50+,51+,52?,53+,54-,55-,56+,57+,58+,59+,61+,62-,70-,71-,72-/m0/s1. The molecule has 3 fully saturated rings. The monoisotopic (exact) mass is 1610 g/mol. The maximum atomic E-state index is 16.3. The van der Waals surface area contributed by atoms with Crippen LogP contribution in [0.1, 0.15) is 105 Å². The second-order valence-electron chi connectivity index (χ2n) is 28.4. The zero-order valence-electron chi connectivity index (χ0n) is 59.9. The average Bonchev–Trinajstić information content (AvgIpc) is 0.765. The maximum absolute atomic E-state index is 16.3. The van der Waals surface area contributed by atoms with Crippen LogP contribution in [0.25, 0.3) is 11.1 Å². The zero-order chi connectivity index (χ0) is 81.5. The molecule has 8 aliphatic rings. The molecule has 5 aromatic rings. The van der Waals surface area contributed by atoms with Crippen molar-refractivity contribution in [3.8, 4) is 57.1 Å². The Morgan fingerprint density at radius 3 is 1.91 bits per heavy atom. The first-order valence-corrected chi connectivity index (χ1v) is 35.7. The molecule has 23 atom stereocenters. The number of aldehydes is 1. The number of fused-ring (bicyclic) bond motifs is 15.